The van der Waals surface area contributed by atoms with Gasteiger partial charge in [-0.3, -0.25) is 4.79 Å². The van der Waals surface area contributed by atoms with Crippen LogP contribution in [0.4, 0.5) is 0 Å². The first-order valence-corrected chi connectivity index (χ1v) is 7.54. The highest BCUT2D eigenvalue weighted by atomic mass is 32.1. The second-order valence-corrected chi connectivity index (χ2v) is 6.26. The van der Waals surface area contributed by atoms with Gasteiger partial charge in [0.2, 0.25) is 0 Å². The zero-order chi connectivity index (χ0) is 14.8. The van der Waals surface area contributed by atoms with Crippen LogP contribution < -0.4 is 10.1 Å². The van der Waals surface area contributed by atoms with Crippen molar-refractivity contribution in [3.63, 3.8) is 0 Å². The van der Waals surface area contributed by atoms with Crippen LogP contribution in [0.5, 0.6) is 5.75 Å². The Morgan fingerprint density at radius 1 is 1.45 bits per heavy atom. The number of hydrogen-bond donors (Lipinski definition) is 2. The van der Waals surface area contributed by atoms with Crippen LogP contribution in [0.15, 0.2) is 11.4 Å². The van der Waals surface area contributed by atoms with E-state index in [2.05, 4.69) is 12.2 Å². The Balaban J connectivity index is 2.17. The van der Waals surface area contributed by atoms with E-state index in [1.54, 1.807) is 11.4 Å². The number of carbonyl (C=O) groups is 2. The Kier molecular flexibility index (Phi) is 4.32. The number of carbonyl (C=O) groups excluding carboxylic acids is 1. The van der Waals surface area contributed by atoms with E-state index in [9.17, 15) is 14.7 Å². The molecule has 20 heavy (non-hydrogen) atoms. The summed E-state index contributed by atoms with van der Waals surface area (Å²) in [7, 11) is 1.49. The molecule has 1 saturated carbocycles. The van der Waals surface area contributed by atoms with Gasteiger partial charge in [-0.2, -0.15) is 0 Å². The zero-order valence-electron chi connectivity index (χ0n) is 11.6. The van der Waals surface area contributed by atoms with Gasteiger partial charge in [-0.1, -0.05) is 6.92 Å². The quantitative estimate of drug-likeness (QED) is 0.895. The molecule has 0 unspecified atom stereocenters. The van der Waals surface area contributed by atoms with Crippen LogP contribution in [0.3, 0.4) is 0 Å². The summed E-state index contributed by atoms with van der Waals surface area (Å²) in [4.78, 5) is 24.3. The molecule has 0 saturated heterocycles. The molecule has 0 spiro atoms. The fraction of sp³-hybridized carbons (Fsp3) is 0.571. The molecule has 0 radical (unpaired) electrons. The lowest BCUT2D eigenvalue weighted by molar-refractivity contribution is -0.146. The van der Waals surface area contributed by atoms with E-state index in [0.717, 1.165) is 12.8 Å². The van der Waals surface area contributed by atoms with Crippen molar-refractivity contribution in [2.45, 2.75) is 38.1 Å². The Bertz CT molecular complexity index is 503. The van der Waals surface area contributed by atoms with Crippen molar-refractivity contribution in [2.75, 3.05) is 7.11 Å². The molecule has 110 valence electrons. The van der Waals surface area contributed by atoms with Gasteiger partial charge in [0.15, 0.2) is 0 Å². The van der Waals surface area contributed by atoms with E-state index < -0.39 is 11.5 Å². The number of carboxylic acid groups (broad SMARTS) is 1. The number of hydrogen-bond acceptors (Lipinski definition) is 4. The van der Waals surface area contributed by atoms with Gasteiger partial charge in [-0.25, -0.2) is 4.79 Å². The fourth-order valence-electron chi connectivity index (χ4n) is 2.55. The minimum Gasteiger partial charge on any atom is -0.495 e. The topological polar surface area (TPSA) is 75.6 Å². The molecule has 1 aromatic rings. The number of methoxy groups -OCH3 is 1. The van der Waals surface area contributed by atoms with Crippen molar-refractivity contribution in [2.24, 2.45) is 5.92 Å². The highest BCUT2D eigenvalue weighted by Crippen LogP contribution is 2.33. The summed E-state index contributed by atoms with van der Waals surface area (Å²) in [5, 5.41) is 14.0. The lowest BCUT2D eigenvalue weighted by Crippen LogP contribution is -2.56. The average Bonchev–Trinajstić information content (AvgIpc) is 2.89. The summed E-state index contributed by atoms with van der Waals surface area (Å²) in [6, 6.07) is 1.70. The second-order valence-electron chi connectivity index (χ2n) is 5.34. The maximum Gasteiger partial charge on any atom is 0.329 e. The molecule has 1 aliphatic rings. The molecule has 2 N–H and O–H groups in total. The summed E-state index contributed by atoms with van der Waals surface area (Å²) in [6.07, 6.45) is 2.58. The Labute approximate surface area is 121 Å². The van der Waals surface area contributed by atoms with Gasteiger partial charge in [0.05, 0.1) is 7.11 Å². The minimum absolute atomic E-state index is 0.367. The number of aliphatic carboxylic acids is 1. The summed E-state index contributed by atoms with van der Waals surface area (Å²) in [5.74, 6) is -0.324. The highest BCUT2D eigenvalue weighted by molar-refractivity contribution is 7.12. The predicted molar refractivity (Wildman–Crippen MR) is 76.3 cm³/mol. The van der Waals surface area contributed by atoms with E-state index in [1.807, 2.05) is 0 Å². The van der Waals surface area contributed by atoms with Crippen molar-refractivity contribution < 1.29 is 19.4 Å². The molecule has 1 aliphatic carbocycles. The average molecular weight is 297 g/mol. The second kappa shape index (κ2) is 5.83. The van der Waals surface area contributed by atoms with Gasteiger partial charge in [0, 0.05) is 0 Å². The number of amides is 1. The molecule has 0 bridgehead atoms. The Hall–Kier alpha value is -1.56. The number of nitrogens with one attached hydrogen (secondary N) is 1. The van der Waals surface area contributed by atoms with E-state index in [-0.39, 0.29) is 5.91 Å². The summed E-state index contributed by atoms with van der Waals surface area (Å²) < 4.78 is 5.11. The fourth-order valence-corrected chi connectivity index (χ4v) is 3.30. The molecule has 0 aromatic carbocycles. The summed E-state index contributed by atoms with van der Waals surface area (Å²) in [5.41, 5.74) is -1.14. The smallest absolute Gasteiger partial charge is 0.329 e. The van der Waals surface area contributed by atoms with Crippen LogP contribution in [0.2, 0.25) is 0 Å². The third kappa shape index (κ3) is 2.80. The number of rotatable bonds is 4. The molecular formula is C14H19NO4S. The molecule has 1 aromatic heterocycles. The molecule has 5 nitrogen and oxygen atoms in total. The van der Waals surface area contributed by atoms with Gasteiger partial charge in [-0.05, 0) is 43.0 Å². The maximum atomic E-state index is 12.3. The lowest BCUT2D eigenvalue weighted by atomic mass is 9.77. The normalized spacial score (nSPS) is 26.0. The molecule has 1 amide bonds. The van der Waals surface area contributed by atoms with Crippen LogP contribution in [0.25, 0.3) is 0 Å². The van der Waals surface area contributed by atoms with Crippen molar-refractivity contribution >= 4 is 23.2 Å². The Morgan fingerprint density at radius 3 is 2.65 bits per heavy atom. The maximum absolute atomic E-state index is 12.3. The first-order chi connectivity index (χ1) is 9.48. The minimum atomic E-state index is -1.14. The Morgan fingerprint density at radius 2 is 2.10 bits per heavy atom. The molecule has 2 rings (SSSR count). The first-order valence-electron chi connectivity index (χ1n) is 6.66. The van der Waals surface area contributed by atoms with E-state index >= 15 is 0 Å². The monoisotopic (exact) mass is 297 g/mol. The number of carboxylic acids is 1. The van der Waals surface area contributed by atoms with Crippen molar-refractivity contribution in [3.8, 4) is 5.75 Å². The van der Waals surface area contributed by atoms with Gasteiger partial charge >= 0.3 is 5.97 Å². The van der Waals surface area contributed by atoms with Gasteiger partial charge < -0.3 is 15.2 Å². The molecular weight excluding hydrogens is 278 g/mol. The third-order valence-electron chi connectivity index (χ3n) is 3.95. The van der Waals surface area contributed by atoms with E-state index in [4.69, 9.17) is 4.74 Å². The first kappa shape index (κ1) is 14.8. The summed E-state index contributed by atoms with van der Waals surface area (Å²) >= 11 is 1.25. The van der Waals surface area contributed by atoms with Crippen LogP contribution in [0.1, 0.15) is 42.3 Å². The third-order valence-corrected chi connectivity index (χ3v) is 4.84. The lowest BCUT2D eigenvalue weighted by Gasteiger charge is -2.36. The van der Waals surface area contributed by atoms with Gasteiger partial charge in [0.25, 0.3) is 5.91 Å². The summed E-state index contributed by atoms with van der Waals surface area (Å²) in [6.45, 7) is 2.11. The van der Waals surface area contributed by atoms with Crippen LogP contribution >= 0.6 is 11.3 Å². The van der Waals surface area contributed by atoms with Crippen molar-refractivity contribution in [1.82, 2.24) is 5.32 Å². The van der Waals surface area contributed by atoms with E-state index in [1.165, 1.54) is 18.4 Å². The zero-order valence-corrected chi connectivity index (χ0v) is 12.5. The van der Waals surface area contributed by atoms with Crippen LogP contribution in [-0.2, 0) is 4.79 Å². The van der Waals surface area contributed by atoms with Crippen LogP contribution in [-0.4, -0.2) is 29.6 Å². The molecule has 1 heterocycles. The van der Waals surface area contributed by atoms with E-state index in [0.29, 0.717) is 29.4 Å². The number of ether oxygens (including phenoxy) is 1. The van der Waals surface area contributed by atoms with Crippen molar-refractivity contribution in [1.29, 1.82) is 0 Å². The molecule has 6 heteroatoms. The largest absolute Gasteiger partial charge is 0.495 e. The van der Waals surface area contributed by atoms with Crippen LogP contribution in [0, 0.1) is 5.92 Å². The SMILES string of the molecule is COc1ccsc1C(=O)NC1(C(=O)O)CCC(C)CC1. The van der Waals surface area contributed by atoms with Gasteiger partial charge in [-0.15, -0.1) is 11.3 Å². The molecule has 0 atom stereocenters. The predicted octanol–water partition coefficient (Wildman–Crippen LogP) is 2.52. The highest BCUT2D eigenvalue weighted by Gasteiger charge is 2.43. The molecule has 1 fully saturated rings. The number of thiophene rings is 1. The van der Waals surface area contributed by atoms with Gasteiger partial charge in [0.1, 0.15) is 16.2 Å². The van der Waals surface area contributed by atoms with Crippen molar-refractivity contribution in [3.05, 3.63) is 16.3 Å². The molecule has 0 aliphatic heterocycles. The standard InChI is InChI=1S/C14H19NO4S/c1-9-3-6-14(7-4-9,13(17)18)15-12(16)11-10(19-2)5-8-20-11/h5,8-9H,3-4,6-7H2,1-2H3,(H,15,16)(H,17,18).